The van der Waals surface area contributed by atoms with Crippen LogP contribution in [0, 0.1) is 5.92 Å². The van der Waals surface area contributed by atoms with Gasteiger partial charge in [0.2, 0.25) is 0 Å². The van der Waals surface area contributed by atoms with E-state index < -0.39 is 10.2 Å². The van der Waals surface area contributed by atoms with Gasteiger partial charge in [0.15, 0.2) is 0 Å². The van der Waals surface area contributed by atoms with Crippen molar-refractivity contribution >= 4 is 10.2 Å². The molecule has 2 aliphatic rings. The van der Waals surface area contributed by atoms with Crippen LogP contribution in [0.4, 0.5) is 0 Å². The second-order valence-corrected chi connectivity index (χ2v) is 9.10. The lowest BCUT2D eigenvalue weighted by Gasteiger charge is -2.34. The van der Waals surface area contributed by atoms with Gasteiger partial charge in [-0.1, -0.05) is 12.8 Å². The molecule has 0 unspecified atom stereocenters. The molecule has 0 N–H and O–H groups in total. The van der Waals surface area contributed by atoms with E-state index in [0.717, 1.165) is 18.1 Å². The van der Waals surface area contributed by atoms with Crippen molar-refractivity contribution in [1.82, 2.24) is 18.2 Å². The predicted octanol–water partition coefficient (Wildman–Crippen LogP) is 1.77. The third-order valence-electron chi connectivity index (χ3n) is 5.15. The van der Waals surface area contributed by atoms with Crippen LogP contribution in [0.25, 0.3) is 0 Å². The van der Waals surface area contributed by atoms with E-state index in [1.165, 1.54) is 34.3 Å². The van der Waals surface area contributed by atoms with Gasteiger partial charge in [-0.05, 0) is 25.7 Å². The number of nitrogens with zero attached hydrogens (tertiary/aromatic N) is 4. The third kappa shape index (κ3) is 3.37. The molecule has 1 aromatic heterocycles. The van der Waals surface area contributed by atoms with Crippen LogP contribution in [0.3, 0.4) is 0 Å². The van der Waals surface area contributed by atoms with Gasteiger partial charge in [-0.2, -0.15) is 17.0 Å². The first-order valence-electron chi connectivity index (χ1n) is 8.72. The largest absolute Gasteiger partial charge is 0.375 e. The molecule has 0 bridgehead atoms. The summed E-state index contributed by atoms with van der Waals surface area (Å²) < 4.78 is 35.6. The lowest BCUT2D eigenvalue weighted by molar-refractivity contribution is 0.0835. The van der Waals surface area contributed by atoms with Crippen LogP contribution in [0.15, 0.2) is 6.20 Å². The average molecular weight is 356 g/mol. The van der Waals surface area contributed by atoms with Gasteiger partial charge in [-0.15, -0.1) is 0 Å². The molecular formula is C16H28N4O3S. The highest BCUT2D eigenvalue weighted by Crippen LogP contribution is 2.29. The second kappa shape index (κ2) is 7.11. The molecule has 1 atom stereocenters. The Kier molecular flexibility index (Phi) is 5.29. The van der Waals surface area contributed by atoms with E-state index in [0.29, 0.717) is 25.6 Å². The Bertz CT molecular complexity index is 665. The van der Waals surface area contributed by atoms with Crippen molar-refractivity contribution in [3.05, 3.63) is 17.7 Å². The third-order valence-corrected chi connectivity index (χ3v) is 7.17. The quantitative estimate of drug-likeness (QED) is 0.779. The number of rotatable bonds is 6. The second-order valence-electron chi connectivity index (χ2n) is 7.00. The Labute approximate surface area is 144 Å². The Balaban J connectivity index is 1.66. The van der Waals surface area contributed by atoms with Gasteiger partial charge in [0.05, 0.1) is 24.5 Å². The summed E-state index contributed by atoms with van der Waals surface area (Å²) in [6.45, 7) is 4.34. The van der Waals surface area contributed by atoms with E-state index in [-0.39, 0.29) is 6.04 Å². The van der Waals surface area contributed by atoms with Crippen LogP contribution >= 0.6 is 0 Å². The number of fused-ring (bicyclic) bond motifs is 1. The lowest BCUT2D eigenvalue weighted by atomic mass is 10.1. The average Bonchev–Trinajstić information content (AvgIpc) is 3.17. The zero-order valence-corrected chi connectivity index (χ0v) is 15.6. The fourth-order valence-corrected chi connectivity index (χ4v) is 4.91. The highest BCUT2D eigenvalue weighted by atomic mass is 32.2. The molecule has 0 saturated heterocycles. The number of ether oxygens (including phenoxy) is 1. The summed E-state index contributed by atoms with van der Waals surface area (Å²) in [7, 11) is -0.307. The molecule has 1 saturated carbocycles. The molecule has 1 fully saturated rings. The minimum atomic E-state index is -3.43. The van der Waals surface area contributed by atoms with E-state index in [1.54, 1.807) is 14.1 Å². The lowest BCUT2D eigenvalue weighted by Crippen LogP contribution is -2.46. The van der Waals surface area contributed by atoms with Crippen LogP contribution in [0.1, 0.15) is 50.2 Å². The first-order valence-corrected chi connectivity index (χ1v) is 10.1. The maximum Gasteiger partial charge on any atom is 0.282 e. The van der Waals surface area contributed by atoms with E-state index in [2.05, 4.69) is 9.55 Å². The fraction of sp³-hybridized carbons (Fsp3) is 0.812. The van der Waals surface area contributed by atoms with E-state index in [1.807, 2.05) is 13.1 Å². The van der Waals surface area contributed by atoms with Crippen molar-refractivity contribution in [3.63, 3.8) is 0 Å². The minimum Gasteiger partial charge on any atom is -0.375 e. The van der Waals surface area contributed by atoms with Crippen molar-refractivity contribution in [1.29, 1.82) is 0 Å². The highest BCUT2D eigenvalue weighted by Gasteiger charge is 2.36. The van der Waals surface area contributed by atoms with Gasteiger partial charge < -0.3 is 9.30 Å². The van der Waals surface area contributed by atoms with Crippen molar-refractivity contribution in [2.24, 2.45) is 5.92 Å². The standard InChI is InChI=1S/C16H28N4O3S/c1-13-16-17-10-15(12-23-11-14-6-4-5-7-14)19(16)8-9-20(13)24(21,22)18(2)3/h10,13-14H,4-9,11-12H2,1-3H3/t13-/m0/s1. The van der Waals surface area contributed by atoms with Crippen LogP contribution in [0.2, 0.25) is 0 Å². The fourth-order valence-electron chi connectivity index (χ4n) is 3.69. The van der Waals surface area contributed by atoms with Crippen LogP contribution in [0.5, 0.6) is 0 Å². The molecule has 0 aromatic carbocycles. The maximum absolute atomic E-state index is 12.4. The molecule has 1 aromatic rings. The Morgan fingerprint density at radius 1 is 1.29 bits per heavy atom. The molecule has 1 aliphatic heterocycles. The SMILES string of the molecule is C[C@H]1c2ncc(COCC3CCCC3)n2CCN1S(=O)(=O)N(C)C. The molecule has 8 heteroatoms. The van der Waals surface area contributed by atoms with E-state index in [4.69, 9.17) is 4.74 Å². The Hall–Kier alpha value is -0.960. The smallest absolute Gasteiger partial charge is 0.282 e. The highest BCUT2D eigenvalue weighted by molar-refractivity contribution is 7.86. The number of imidazole rings is 1. The summed E-state index contributed by atoms with van der Waals surface area (Å²) in [5.74, 6) is 1.50. The van der Waals surface area contributed by atoms with Gasteiger partial charge in [0, 0.05) is 33.8 Å². The minimum absolute atomic E-state index is 0.269. The normalized spacial score (nSPS) is 23.1. The summed E-state index contributed by atoms with van der Waals surface area (Å²) in [4.78, 5) is 4.47. The first-order chi connectivity index (χ1) is 11.4. The molecule has 24 heavy (non-hydrogen) atoms. The molecule has 0 amide bonds. The summed E-state index contributed by atoms with van der Waals surface area (Å²) in [5, 5.41) is 0. The molecule has 136 valence electrons. The van der Waals surface area contributed by atoms with E-state index >= 15 is 0 Å². The van der Waals surface area contributed by atoms with Crippen LogP contribution in [-0.2, 0) is 28.1 Å². The van der Waals surface area contributed by atoms with Crippen molar-refractivity contribution in [2.45, 2.75) is 51.8 Å². The Morgan fingerprint density at radius 3 is 2.67 bits per heavy atom. The number of hydrogen-bond donors (Lipinski definition) is 0. The zero-order valence-electron chi connectivity index (χ0n) is 14.8. The van der Waals surface area contributed by atoms with Gasteiger partial charge in [-0.25, -0.2) is 4.98 Å². The molecule has 1 aliphatic carbocycles. The topological polar surface area (TPSA) is 67.7 Å². The molecule has 0 spiro atoms. The van der Waals surface area contributed by atoms with E-state index in [9.17, 15) is 8.42 Å². The predicted molar refractivity (Wildman–Crippen MR) is 91.6 cm³/mol. The van der Waals surface area contributed by atoms with Crippen molar-refractivity contribution in [2.75, 3.05) is 27.2 Å². The zero-order chi connectivity index (χ0) is 17.3. The summed E-state index contributed by atoms with van der Waals surface area (Å²) >= 11 is 0. The molecule has 0 radical (unpaired) electrons. The summed E-state index contributed by atoms with van der Waals surface area (Å²) in [6.07, 6.45) is 7.03. The molecular weight excluding hydrogens is 328 g/mol. The van der Waals surface area contributed by atoms with Gasteiger partial charge in [0.1, 0.15) is 5.82 Å². The van der Waals surface area contributed by atoms with Crippen LogP contribution < -0.4 is 0 Å². The monoisotopic (exact) mass is 356 g/mol. The number of aromatic nitrogens is 2. The summed E-state index contributed by atoms with van der Waals surface area (Å²) in [6, 6.07) is -0.269. The van der Waals surface area contributed by atoms with Gasteiger partial charge >= 0.3 is 0 Å². The van der Waals surface area contributed by atoms with Gasteiger partial charge in [0.25, 0.3) is 10.2 Å². The maximum atomic E-state index is 12.4. The molecule has 7 nitrogen and oxygen atoms in total. The van der Waals surface area contributed by atoms with Crippen LogP contribution in [-0.4, -0.2) is 53.8 Å². The number of hydrogen-bond acceptors (Lipinski definition) is 4. The molecule has 3 rings (SSSR count). The summed E-state index contributed by atoms with van der Waals surface area (Å²) in [5.41, 5.74) is 1.04. The molecule has 2 heterocycles. The van der Waals surface area contributed by atoms with Crippen molar-refractivity contribution in [3.8, 4) is 0 Å². The Morgan fingerprint density at radius 2 is 2.00 bits per heavy atom. The van der Waals surface area contributed by atoms with Gasteiger partial charge in [-0.3, -0.25) is 0 Å². The van der Waals surface area contributed by atoms with Crippen molar-refractivity contribution < 1.29 is 13.2 Å². The first kappa shape index (κ1) is 17.8.